The van der Waals surface area contributed by atoms with Gasteiger partial charge in [0.1, 0.15) is 6.61 Å². The lowest BCUT2D eigenvalue weighted by Gasteiger charge is -2.36. The molecule has 2 aliphatic heterocycles. The minimum atomic E-state index is -0.534. The lowest BCUT2D eigenvalue weighted by Crippen LogP contribution is -2.48. The lowest BCUT2D eigenvalue weighted by atomic mass is 10.0. The van der Waals surface area contributed by atoms with Gasteiger partial charge in [-0.2, -0.15) is 0 Å². The van der Waals surface area contributed by atoms with Crippen LogP contribution in [0.2, 0.25) is 0 Å². The summed E-state index contributed by atoms with van der Waals surface area (Å²) in [6.45, 7) is 3.34. The predicted octanol–water partition coefficient (Wildman–Crippen LogP) is 2.46. The molecule has 0 bridgehead atoms. The topological polar surface area (TPSA) is 111 Å². The second-order valence-corrected chi connectivity index (χ2v) is 7.25. The molecule has 162 valence electrons. The van der Waals surface area contributed by atoms with E-state index in [1.165, 1.54) is 38.5 Å². The number of benzene rings is 1. The van der Waals surface area contributed by atoms with Crippen molar-refractivity contribution in [1.29, 1.82) is 0 Å². The van der Waals surface area contributed by atoms with Crippen LogP contribution in [0.15, 0.2) is 18.2 Å². The van der Waals surface area contributed by atoms with E-state index in [-0.39, 0.29) is 41.1 Å². The molecule has 0 aliphatic carbocycles. The maximum Gasteiger partial charge on any atom is 0.410 e. The molecule has 1 atom stereocenters. The Morgan fingerprint density at radius 1 is 1.23 bits per heavy atom. The second-order valence-electron chi connectivity index (χ2n) is 7.25. The van der Waals surface area contributed by atoms with Crippen molar-refractivity contribution in [3.63, 3.8) is 0 Å². The van der Waals surface area contributed by atoms with Gasteiger partial charge in [0.15, 0.2) is 11.5 Å². The third kappa shape index (κ3) is 4.32. The number of rotatable bonds is 6. The van der Waals surface area contributed by atoms with Crippen LogP contribution >= 0.6 is 0 Å². The molecular formula is C20H25N3O7. The summed E-state index contributed by atoms with van der Waals surface area (Å²) in [6, 6.07) is 2.82. The van der Waals surface area contributed by atoms with Gasteiger partial charge in [-0.15, -0.1) is 0 Å². The summed E-state index contributed by atoms with van der Waals surface area (Å²) >= 11 is 0. The molecule has 1 unspecified atom stereocenters. The Bertz CT molecular complexity index is 862. The van der Waals surface area contributed by atoms with Crippen molar-refractivity contribution in [2.24, 2.45) is 0 Å². The predicted molar refractivity (Wildman–Crippen MR) is 107 cm³/mol. The van der Waals surface area contributed by atoms with Crippen LogP contribution in [0.25, 0.3) is 6.08 Å². The Hall–Kier alpha value is -3.30. The largest absolute Gasteiger partial charge is 0.493 e. The zero-order valence-electron chi connectivity index (χ0n) is 17.2. The Kier molecular flexibility index (Phi) is 6.43. The number of hydrogen-bond donors (Lipinski definition) is 0. The van der Waals surface area contributed by atoms with E-state index in [1.54, 1.807) is 9.80 Å². The number of nitro benzene ring substituents is 1. The summed E-state index contributed by atoms with van der Waals surface area (Å²) < 4.78 is 15.4. The molecule has 3 rings (SSSR count). The van der Waals surface area contributed by atoms with Gasteiger partial charge in [0.2, 0.25) is 5.91 Å². The summed E-state index contributed by atoms with van der Waals surface area (Å²) in [7, 11) is 2.83. The van der Waals surface area contributed by atoms with Crippen molar-refractivity contribution in [1.82, 2.24) is 9.80 Å². The quantitative estimate of drug-likeness (QED) is 0.395. The number of cyclic esters (lactones) is 1. The first-order valence-electron chi connectivity index (χ1n) is 9.68. The Balaban J connectivity index is 1.68. The molecule has 30 heavy (non-hydrogen) atoms. The van der Waals surface area contributed by atoms with Crippen molar-refractivity contribution in [2.45, 2.75) is 31.8 Å². The number of ether oxygens (including phenoxy) is 3. The van der Waals surface area contributed by atoms with Crippen LogP contribution < -0.4 is 9.47 Å². The average molecular weight is 419 g/mol. The van der Waals surface area contributed by atoms with Crippen molar-refractivity contribution >= 4 is 23.8 Å². The zero-order valence-corrected chi connectivity index (χ0v) is 17.2. The highest BCUT2D eigenvalue weighted by atomic mass is 16.6. The van der Waals surface area contributed by atoms with Gasteiger partial charge in [0.05, 0.1) is 36.8 Å². The van der Waals surface area contributed by atoms with E-state index in [0.29, 0.717) is 38.3 Å². The van der Waals surface area contributed by atoms with Crippen molar-refractivity contribution in [2.75, 3.05) is 33.9 Å². The van der Waals surface area contributed by atoms with Crippen molar-refractivity contribution in [3.8, 4) is 11.5 Å². The highest BCUT2D eigenvalue weighted by Gasteiger charge is 2.37. The molecule has 2 saturated heterocycles. The maximum atomic E-state index is 12.6. The van der Waals surface area contributed by atoms with Gasteiger partial charge in [0, 0.05) is 25.2 Å². The van der Waals surface area contributed by atoms with Gasteiger partial charge in [-0.3, -0.25) is 19.8 Å². The van der Waals surface area contributed by atoms with Crippen LogP contribution in [-0.2, 0) is 9.53 Å². The van der Waals surface area contributed by atoms with Gasteiger partial charge in [0.25, 0.3) is 5.69 Å². The van der Waals surface area contributed by atoms with Gasteiger partial charge < -0.3 is 19.1 Å². The zero-order chi connectivity index (χ0) is 21.8. The Labute approximate surface area is 174 Å². The van der Waals surface area contributed by atoms with Crippen molar-refractivity contribution in [3.05, 3.63) is 33.9 Å². The number of amides is 2. The number of nitro groups is 1. The molecule has 0 aromatic heterocycles. The molecule has 2 heterocycles. The molecular weight excluding hydrogens is 394 g/mol. The van der Waals surface area contributed by atoms with Crippen LogP contribution in [0.3, 0.4) is 0 Å². The SMILES string of the molecule is COc1cc(C=CC(=O)N2CCC(N3C(=O)OCC3C)CC2)c([N+](=O)[O-])cc1OC. The number of hydrogen-bond acceptors (Lipinski definition) is 7. The van der Waals surface area contributed by atoms with E-state index in [4.69, 9.17) is 14.2 Å². The molecule has 2 fully saturated rings. The molecule has 0 saturated carbocycles. The average Bonchev–Trinajstić information content (AvgIpc) is 3.09. The van der Waals surface area contributed by atoms with Gasteiger partial charge in [-0.1, -0.05) is 0 Å². The van der Waals surface area contributed by atoms with Gasteiger partial charge >= 0.3 is 6.09 Å². The van der Waals surface area contributed by atoms with E-state index in [0.717, 1.165) is 0 Å². The van der Waals surface area contributed by atoms with E-state index >= 15 is 0 Å². The Morgan fingerprint density at radius 3 is 2.40 bits per heavy atom. The van der Waals surface area contributed by atoms with E-state index in [9.17, 15) is 19.7 Å². The molecule has 0 spiro atoms. The number of piperidine rings is 1. The Morgan fingerprint density at radius 2 is 1.87 bits per heavy atom. The number of nitrogens with zero attached hydrogens (tertiary/aromatic N) is 3. The summed E-state index contributed by atoms with van der Waals surface area (Å²) in [6.07, 6.45) is 3.76. The monoisotopic (exact) mass is 419 g/mol. The fourth-order valence-electron chi connectivity index (χ4n) is 3.84. The molecule has 10 heteroatoms. The summed E-state index contributed by atoms with van der Waals surface area (Å²) in [5, 5.41) is 11.4. The van der Waals surface area contributed by atoms with Crippen LogP contribution in [0.5, 0.6) is 11.5 Å². The van der Waals surface area contributed by atoms with Crippen LogP contribution in [0.4, 0.5) is 10.5 Å². The fraction of sp³-hybridized carbons (Fsp3) is 0.500. The smallest absolute Gasteiger partial charge is 0.410 e. The van der Waals surface area contributed by atoms with Gasteiger partial charge in [-0.25, -0.2) is 4.79 Å². The molecule has 10 nitrogen and oxygen atoms in total. The first-order chi connectivity index (χ1) is 14.3. The fourth-order valence-corrected chi connectivity index (χ4v) is 3.84. The molecule has 0 radical (unpaired) electrons. The first kappa shape index (κ1) is 21.4. The molecule has 0 N–H and O–H groups in total. The standard InChI is InChI=1S/C20H25N3O7/c1-13-12-30-20(25)22(13)15-6-8-21(9-7-15)19(24)5-4-14-10-17(28-2)18(29-3)11-16(14)23(26)27/h4-5,10-11,13,15H,6-9,12H2,1-3H3. The molecule has 2 amide bonds. The highest BCUT2D eigenvalue weighted by molar-refractivity contribution is 5.92. The normalized spacial score (nSPS) is 19.8. The van der Waals surface area contributed by atoms with Crippen LogP contribution in [0, 0.1) is 10.1 Å². The minimum Gasteiger partial charge on any atom is -0.493 e. The van der Waals surface area contributed by atoms with E-state index < -0.39 is 4.92 Å². The third-order valence-electron chi connectivity index (χ3n) is 5.44. The maximum absolute atomic E-state index is 12.6. The van der Waals surface area contributed by atoms with E-state index in [2.05, 4.69) is 0 Å². The number of carbonyl (C=O) groups excluding carboxylic acids is 2. The molecule has 1 aromatic rings. The third-order valence-corrected chi connectivity index (χ3v) is 5.44. The summed E-state index contributed by atoms with van der Waals surface area (Å²) in [5.41, 5.74) is 0.0615. The number of carbonyl (C=O) groups is 2. The highest BCUT2D eigenvalue weighted by Crippen LogP contribution is 2.35. The van der Waals surface area contributed by atoms with Gasteiger partial charge in [-0.05, 0) is 31.9 Å². The summed E-state index contributed by atoms with van der Waals surface area (Å²) in [5.74, 6) is 0.335. The second kappa shape index (κ2) is 9.02. The molecule has 2 aliphatic rings. The number of likely N-dealkylation sites (tertiary alicyclic amines) is 1. The van der Waals surface area contributed by atoms with Crippen molar-refractivity contribution < 1.29 is 28.7 Å². The first-order valence-corrected chi connectivity index (χ1v) is 9.68. The minimum absolute atomic E-state index is 0.0373. The number of methoxy groups -OCH3 is 2. The van der Waals surface area contributed by atoms with Crippen LogP contribution in [0.1, 0.15) is 25.3 Å². The lowest BCUT2D eigenvalue weighted by molar-refractivity contribution is -0.385. The summed E-state index contributed by atoms with van der Waals surface area (Å²) in [4.78, 5) is 38.8. The van der Waals surface area contributed by atoms with E-state index in [1.807, 2.05) is 6.92 Å². The van der Waals surface area contributed by atoms with Crippen LogP contribution in [-0.4, -0.2) is 72.7 Å². The molecule has 1 aromatic carbocycles.